The standard InChI is InChI=1S/C17H23F3N4O3/c1-2-3-6-21-16(25)12-22-7-9-23(10-8-22)14-5-4-13(17(18,19)20)11-15(14)24(26)27/h4-5,11H,2-3,6-10,12H2,1H3,(H,21,25). The molecular formula is C17H23F3N4O3. The zero-order valence-electron chi connectivity index (χ0n) is 15.1. The van der Waals surface area contributed by atoms with Gasteiger partial charge in [-0.1, -0.05) is 13.3 Å². The molecule has 1 aromatic carbocycles. The van der Waals surface area contributed by atoms with E-state index in [4.69, 9.17) is 0 Å². The molecular weight excluding hydrogens is 365 g/mol. The molecule has 0 bridgehead atoms. The minimum Gasteiger partial charge on any atom is -0.363 e. The van der Waals surface area contributed by atoms with Crippen LogP contribution in [0.5, 0.6) is 0 Å². The van der Waals surface area contributed by atoms with Crippen LogP contribution in [-0.4, -0.2) is 55.0 Å². The number of hydrogen-bond donors (Lipinski definition) is 1. The Morgan fingerprint density at radius 1 is 1.26 bits per heavy atom. The third-order valence-electron chi connectivity index (χ3n) is 4.43. The van der Waals surface area contributed by atoms with Gasteiger partial charge in [-0.2, -0.15) is 13.2 Å². The number of alkyl halides is 3. The van der Waals surface area contributed by atoms with Gasteiger partial charge in [-0.25, -0.2) is 0 Å². The number of nitrogens with one attached hydrogen (secondary N) is 1. The minimum atomic E-state index is -4.63. The predicted octanol–water partition coefficient (Wildman–Crippen LogP) is 2.65. The number of nitro groups is 1. The largest absolute Gasteiger partial charge is 0.416 e. The molecule has 150 valence electrons. The fourth-order valence-electron chi connectivity index (χ4n) is 2.92. The number of hydrogen-bond acceptors (Lipinski definition) is 5. The Morgan fingerprint density at radius 3 is 2.48 bits per heavy atom. The molecule has 1 aliphatic heterocycles. The average molecular weight is 388 g/mol. The first kappa shape index (κ1) is 20.9. The molecule has 0 aliphatic carbocycles. The average Bonchev–Trinajstić information content (AvgIpc) is 2.61. The maximum Gasteiger partial charge on any atom is 0.416 e. The summed E-state index contributed by atoms with van der Waals surface area (Å²) in [6.07, 6.45) is -2.73. The Balaban J connectivity index is 1.99. The molecule has 0 radical (unpaired) electrons. The molecule has 0 saturated carbocycles. The van der Waals surface area contributed by atoms with E-state index in [1.54, 1.807) is 4.90 Å². The van der Waals surface area contributed by atoms with Gasteiger partial charge in [0.2, 0.25) is 5.91 Å². The Bertz CT molecular complexity index is 674. The molecule has 1 saturated heterocycles. The fraction of sp³-hybridized carbons (Fsp3) is 0.588. The molecule has 2 rings (SSSR count). The summed E-state index contributed by atoms with van der Waals surface area (Å²) >= 11 is 0. The highest BCUT2D eigenvalue weighted by atomic mass is 19.4. The molecule has 27 heavy (non-hydrogen) atoms. The van der Waals surface area contributed by atoms with E-state index in [-0.39, 0.29) is 18.1 Å². The highest BCUT2D eigenvalue weighted by Crippen LogP contribution is 2.36. The molecule has 10 heteroatoms. The zero-order chi connectivity index (χ0) is 20.0. The van der Waals surface area contributed by atoms with Crippen molar-refractivity contribution in [1.82, 2.24) is 10.2 Å². The van der Waals surface area contributed by atoms with Crippen molar-refractivity contribution in [1.29, 1.82) is 0 Å². The molecule has 0 atom stereocenters. The SMILES string of the molecule is CCCCNC(=O)CN1CCN(c2ccc(C(F)(F)F)cc2[N+](=O)[O-])CC1. The van der Waals surface area contributed by atoms with Gasteiger partial charge in [-0.3, -0.25) is 19.8 Å². The van der Waals surface area contributed by atoms with Crippen molar-refractivity contribution in [3.05, 3.63) is 33.9 Å². The summed E-state index contributed by atoms with van der Waals surface area (Å²) in [6, 6.07) is 2.58. The molecule has 1 fully saturated rings. The van der Waals surface area contributed by atoms with E-state index < -0.39 is 22.4 Å². The fourth-order valence-corrected chi connectivity index (χ4v) is 2.92. The van der Waals surface area contributed by atoms with Crippen LogP contribution in [0, 0.1) is 10.1 Å². The first-order valence-corrected chi connectivity index (χ1v) is 8.82. The lowest BCUT2D eigenvalue weighted by Crippen LogP contribution is -2.49. The second-order valence-corrected chi connectivity index (χ2v) is 6.43. The highest BCUT2D eigenvalue weighted by Gasteiger charge is 2.34. The Morgan fingerprint density at radius 2 is 1.93 bits per heavy atom. The second kappa shape index (κ2) is 9.03. The van der Waals surface area contributed by atoms with Gasteiger partial charge in [0, 0.05) is 38.8 Å². The van der Waals surface area contributed by atoms with E-state index >= 15 is 0 Å². The Labute approximate surface area is 155 Å². The van der Waals surface area contributed by atoms with Crippen molar-refractivity contribution in [3.8, 4) is 0 Å². The number of benzene rings is 1. The molecule has 7 nitrogen and oxygen atoms in total. The van der Waals surface area contributed by atoms with Crippen molar-refractivity contribution in [2.45, 2.75) is 25.9 Å². The molecule has 0 unspecified atom stereocenters. The van der Waals surface area contributed by atoms with Gasteiger partial charge in [-0.05, 0) is 18.6 Å². The monoisotopic (exact) mass is 388 g/mol. The third kappa shape index (κ3) is 5.81. The van der Waals surface area contributed by atoms with Crippen molar-refractivity contribution in [2.75, 3.05) is 44.2 Å². The van der Waals surface area contributed by atoms with Crippen LogP contribution in [0.25, 0.3) is 0 Å². The van der Waals surface area contributed by atoms with Crippen LogP contribution < -0.4 is 10.2 Å². The summed E-state index contributed by atoms with van der Waals surface area (Å²) in [4.78, 5) is 25.9. The number of piperazine rings is 1. The van der Waals surface area contributed by atoms with E-state index in [0.29, 0.717) is 38.8 Å². The number of nitrogens with zero attached hydrogens (tertiary/aromatic N) is 3. The van der Waals surface area contributed by atoms with Gasteiger partial charge in [0.15, 0.2) is 0 Å². The number of carbonyl (C=O) groups excluding carboxylic acids is 1. The molecule has 0 spiro atoms. The van der Waals surface area contributed by atoms with E-state index in [0.717, 1.165) is 25.0 Å². The minimum absolute atomic E-state index is 0.0718. The van der Waals surface area contributed by atoms with Gasteiger partial charge in [0.25, 0.3) is 5.69 Å². The van der Waals surface area contributed by atoms with Crippen LogP contribution in [0.1, 0.15) is 25.3 Å². The van der Waals surface area contributed by atoms with Gasteiger partial charge in [-0.15, -0.1) is 0 Å². The molecule has 1 heterocycles. The van der Waals surface area contributed by atoms with E-state index in [2.05, 4.69) is 5.32 Å². The first-order valence-electron chi connectivity index (χ1n) is 8.82. The van der Waals surface area contributed by atoms with Crippen LogP contribution in [0.2, 0.25) is 0 Å². The topological polar surface area (TPSA) is 78.7 Å². The molecule has 1 amide bonds. The maximum absolute atomic E-state index is 12.8. The van der Waals surface area contributed by atoms with Crippen molar-refractivity contribution in [3.63, 3.8) is 0 Å². The second-order valence-electron chi connectivity index (χ2n) is 6.43. The number of anilines is 1. The number of rotatable bonds is 7. The van der Waals surface area contributed by atoms with Crippen LogP contribution in [0.4, 0.5) is 24.5 Å². The van der Waals surface area contributed by atoms with Crippen molar-refractivity contribution < 1.29 is 22.9 Å². The number of amides is 1. The lowest BCUT2D eigenvalue weighted by atomic mass is 10.1. The molecule has 1 N–H and O–H groups in total. The summed E-state index contributed by atoms with van der Waals surface area (Å²) in [5.41, 5.74) is -1.43. The summed E-state index contributed by atoms with van der Waals surface area (Å²) in [7, 11) is 0. The molecule has 1 aromatic rings. The quantitative estimate of drug-likeness (QED) is 0.441. The summed E-state index contributed by atoms with van der Waals surface area (Å²) in [5, 5.41) is 14.1. The first-order chi connectivity index (χ1) is 12.7. The lowest BCUT2D eigenvalue weighted by Gasteiger charge is -2.35. The predicted molar refractivity (Wildman–Crippen MR) is 94.7 cm³/mol. The van der Waals surface area contributed by atoms with E-state index in [9.17, 15) is 28.1 Å². The number of halogens is 3. The molecule has 0 aromatic heterocycles. The summed E-state index contributed by atoms with van der Waals surface area (Å²) in [5.74, 6) is -0.0718. The maximum atomic E-state index is 12.8. The highest BCUT2D eigenvalue weighted by molar-refractivity contribution is 5.78. The van der Waals surface area contributed by atoms with Gasteiger partial charge < -0.3 is 10.2 Å². The third-order valence-corrected chi connectivity index (χ3v) is 4.43. The Hall–Kier alpha value is -2.36. The normalized spacial score (nSPS) is 15.6. The van der Waals surface area contributed by atoms with Gasteiger partial charge in [0.1, 0.15) is 5.69 Å². The van der Waals surface area contributed by atoms with Crippen LogP contribution in [-0.2, 0) is 11.0 Å². The van der Waals surface area contributed by atoms with Crippen molar-refractivity contribution >= 4 is 17.3 Å². The van der Waals surface area contributed by atoms with E-state index in [1.165, 1.54) is 0 Å². The summed E-state index contributed by atoms with van der Waals surface area (Å²) < 4.78 is 38.4. The van der Waals surface area contributed by atoms with Crippen LogP contribution in [0.3, 0.4) is 0 Å². The van der Waals surface area contributed by atoms with Crippen LogP contribution >= 0.6 is 0 Å². The number of nitro benzene ring substituents is 1. The smallest absolute Gasteiger partial charge is 0.363 e. The Kier molecular flexibility index (Phi) is 7.00. The van der Waals surface area contributed by atoms with Gasteiger partial charge in [0.05, 0.1) is 17.0 Å². The molecule has 1 aliphatic rings. The lowest BCUT2D eigenvalue weighted by molar-refractivity contribution is -0.384. The van der Waals surface area contributed by atoms with Gasteiger partial charge >= 0.3 is 6.18 Å². The zero-order valence-corrected chi connectivity index (χ0v) is 15.1. The number of carbonyl (C=O) groups is 1. The van der Waals surface area contributed by atoms with Crippen molar-refractivity contribution in [2.24, 2.45) is 0 Å². The summed E-state index contributed by atoms with van der Waals surface area (Å²) in [6.45, 7) is 4.70. The van der Waals surface area contributed by atoms with Crippen LogP contribution in [0.15, 0.2) is 18.2 Å². The number of unbranched alkanes of at least 4 members (excludes halogenated alkanes) is 1. The van der Waals surface area contributed by atoms with E-state index in [1.807, 2.05) is 11.8 Å².